The van der Waals surface area contributed by atoms with Crippen molar-refractivity contribution in [3.8, 4) is 5.75 Å². The van der Waals surface area contributed by atoms with Gasteiger partial charge in [0.15, 0.2) is 0 Å². The van der Waals surface area contributed by atoms with Crippen molar-refractivity contribution in [2.45, 2.75) is 26.3 Å². The summed E-state index contributed by atoms with van der Waals surface area (Å²) in [5, 5.41) is 5.43. The zero-order valence-corrected chi connectivity index (χ0v) is 13.4. The van der Waals surface area contributed by atoms with Crippen molar-refractivity contribution in [2.75, 3.05) is 20.3 Å². The van der Waals surface area contributed by atoms with Gasteiger partial charge in [-0.15, -0.1) is 0 Å². The van der Waals surface area contributed by atoms with E-state index in [1.54, 1.807) is 19.9 Å². The van der Waals surface area contributed by atoms with Gasteiger partial charge in [0.2, 0.25) is 0 Å². The first-order chi connectivity index (χ1) is 10.8. The van der Waals surface area contributed by atoms with Crippen molar-refractivity contribution in [1.29, 1.82) is 0 Å². The van der Waals surface area contributed by atoms with E-state index in [0.717, 1.165) is 0 Å². The number of benzene rings is 1. The summed E-state index contributed by atoms with van der Waals surface area (Å²) in [4.78, 5) is 23.6. The minimum absolute atomic E-state index is 0.130. The second-order valence-electron chi connectivity index (χ2n) is 6.07. The Morgan fingerprint density at radius 3 is 2.87 bits per heavy atom. The van der Waals surface area contributed by atoms with Crippen LogP contribution in [-0.2, 0) is 9.53 Å². The number of fused-ring (bicyclic) bond motifs is 1. The maximum Gasteiger partial charge on any atom is 0.315 e. The van der Waals surface area contributed by atoms with E-state index in [-0.39, 0.29) is 18.4 Å². The van der Waals surface area contributed by atoms with Gasteiger partial charge in [0, 0.05) is 18.5 Å². The zero-order chi connectivity index (χ0) is 17.0. The molecule has 0 saturated heterocycles. The third-order valence-corrected chi connectivity index (χ3v) is 3.75. The molecule has 2 amide bonds. The molecule has 1 unspecified atom stereocenters. The number of carbonyl (C=O) groups excluding carboxylic acids is 2. The molecule has 0 radical (unpaired) electrons. The van der Waals surface area contributed by atoms with Gasteiger partial charge in [-0.05, 0) is 32.0 Å². The molecule has 2 rings (SSSR count). The topological polar surface area (TPSA) is 76.7 Å². The summed E-state index contributed by atoms with van der Waals surface area (Å²) >= 11 is 0. The predicted octanol–water partition coefficient (Wildman–Crippen LogP) is 2.15. The lowest BCUT2D eigenvalue weighted by Gasteiger charge is -2.27. The van der Waals surface area contributed by atoms with Crippen LogP contribution in [0.25, 0.3) is 0 Å². The summed E-state index contributed by atoms with van der Waals surface area (Å²) in [5.74, 6) is -0.220. The molecule has 0 aliphatic carbocycles. The quantitative estimate of drug-likeness (QED) is 0.832. The number of ether oxygens (including phenoxy) is 2. The van der Waals surface area contributed by atoms with E-state index in [1.807, 2.05) is 0 Å². The number of methoxy groups -OCH3 is 1. The van der Waals surface area contributed by atoms with Gasteiger partial charge < -0.3 is 20.1 Å². The SMILES string of the molecule is COC(=O)C(C)(C)CNC(=O)NC1CCOc2ccc(F)cc21. The number of urea groups is 1. The Morgan fingerprint density at radius 2 is 2.17 bits per heavy atom. The molecule has 0 saturated carbocycles. The van der Waals surface area contributed by atoms with Gasteiger partial charge in [-0.3, -0.25) is 4.79 Å². The van der Waals surface area contributed by atoms with E-state index in [9.17, 15) is 14.0 Å². The number of nitrogens with one attached hydrogen (secondary N) is 2. The van der Waals surface area contributed by atoms with Crippen molar-refractivity contribution in [3.05, 3.63) is 29.6 Å². The van der Waals surface area contributed by atoms with Crippen LogP contribution in [0, 0.1) is 11.2 Å². The van der Waals surface area contributed by atoms with Crippen molar-refractivity contribution >= 4 is 12.0 Å². The van der Waals surface area contributed by atoms with Gasteiger partial charge in [0.25, 0.3) is 0 Å². The predicted molar refractivity (Wildman–Crippen MR) is 81.6 cm³/mol. The highest BCUT2D eigenvalue weighted by Gasteiger charge is 2.30. The van der Waals surface area contributed by atoms with Crippen LogP contribution in [0.1, 0.15) is 31.9 Å². The second kappa shape index (κ2) is 6.85. The molecule has 23 heavy (non-hydrogen) atoms. The van der Waals surface area contributed by atoms with E-state index in [1.165, 1.54) is 19.2 Å². The smallest absolute Gasteiger partial charge is 0.315 e. The Kier molecular flexibility index (Phi) is 5.08. The zero-order valence-electron chi connectivity index (χ0n) is 13.4. The second-order valence-corrected chi connectivity index (χ2v) is 6.07. The Balaban J connectivity index is 1.97. The van der Waals surface area contributed by atoms with Crippen LogP contribution in [0.3, 0.4) is 0 Å². The molecule has 1 atom stereocenters. The Hall–Kier alpha value is -2.31. The number of amides is 2. The monoisotopic (exact) mass is 324 g/mol. The molecule has 0 fully saturated rings. The number of hydrogen-bond donors (Lipinski definition) is 2. The Bertz CT molecular complexity index is 604. The molecule has 6 nitrogen and oxygen atoms in total. The van der Waals surface area contributed by atoms with Gasteiger partial charge in [-0.1, -0.05) is 0 Å². The highest BCUT2D eigenvalue weighted by molar-refractivity contribution is 5.79. The van der Waals surface area contributed by atoms with Crippen LogP contribution < -0.4 is 15.4 Å². The van der Waals surface area contributed by atoms with Gasteiger partial charge in [-0.2, -0.15) is 0 Å². The van der Waals surface area contributed by atoms with Crippen molar-refractivity contribution < 1.29 is 23.5 Å². The number of halogens is 1. The number of carbonyl (C=O) groups is 2. The average Bonchev–Trinajstić information content (AvgIpc) is 2.52. The fourth-order valence-corrected chi connectivity index (χ4v) is 2.37. The normalized spacial score (nSPS) is 16.8. The van der Waals surface area contributed by atoms with Crippen LogP contribution in [0.15, 0.2) is 18.2 Å². The summed E-state index contributed by atoms with van der Waals surface area (Å²) in [6, 6.07) is 3.47. The van der Waals surface area contributed by atoms with Crippen LogP contribution in [-0.4, -0.2) is 32.3 Å². The van der Waals surface area contributed by atoms with E-state index < -0.39 is 17.4 Å². The molecule has 0 bridgehead atoms. The van der Waals surface area contributed by atoms with Crippen molar-refractivity contribution in [2.24, 2.45) is 5.41 Å². The molecule has 1 aromatic rings. The summed E-state index contributed by atoms with van der Waals surface area (Å²) in [6.07, 6.45) is 0.546. The highest BCUT2D eigenvalue weighted by atomic mass is 19.1. The van der Waals surface area contributed by atoms with E-state index in [0.29, 0.717) is 24.3 Å². The van der Waals surface area contributed by atoms with E-state index >= 15 is 0 Å². The van der Waals surface area contributed by atoms with Crippen LogP contribution in [0.5, 0.6) is 5.75 Å². The molecule has 126 valence electrons. The first-order valence-corrected chi connectivity index (χ1v) is 7.38. The Morgan fingerprint density at radius 1 is 1.43 bits per heavy atom. The Labute approximate surface area is 134 Å². The maximum atomic E-state index is 13.4. The largest absolute Gasteiger partial charge is 0.493 e. The van der Waals surface area contributed by atoms with Crippen LogP contribution in [0.2, 0.25) is 0 Å². The lowest BCUT2D eigenvalue weighted by Crippen LogP contribution is -2.45. The molecule has 7 heteroatoms. The number of rotatable bonds is 4. The molecular weight excluding hydrogens is 303 g/mol. The minimum atomic E-state index is -0.828. The number of esters is 1. The molecule has 1 heterocycles. The van der Waals surface area contributed by atoms with Gasteiger partial charge in [0.05, 0.1) is 25.2 Å². The van der Waals surface area contributed by atoms with Crippen LogP contribution >= 0.6 is 0 Å². The maximum absolute atomic E-state index is 13.4. The highest BCUT2D eigenvalue weighted by Crippen LogP contribution is 2.32. The molecule has 0 aromatic heterocycles. The average molecular weight is 324 g/mol. The van der Waals surface area contributed by atoms with Gasteiger partial charge in [-0.25, -0.2) is 9.18 Å². The summed E-state index contributed by atoms with van der Waals surface area (Å²) in [6.45, 7) is 3.93. The molecular formula is C16H21FN2O4. The third-order valence-electron chi connectivity index (χ3n) is 3.75. The van der Waals surface area contributed by atoms with E-state index in [4.69, 9.17) is 4.74 Å². The standard InChI is InChI=1S/C16H21FN2O4/c1-16(2,14(20)22-3)9-18-15(21)19-12-6-7-23-13-5-4-10(17)8-11(12)13/h4-5,8,12H,6-7,9H2,1-3H3,(H2,18,19,21). The van der Waals surface area contributed by atoms with E-state index in [2.05, 4.69) is 15.4 Å². The van der Waals surface area contributed by atoms with Crippen molar-refractivity contribution in [3.63, 3.8) is 0 Å². The first kappa shape index (κ1) is 17.1. The van der Waals surface area contributed by atoms with Crippen LogP contribution in [0.4, 0.5) is 9.18 Å². The third kappa shape index (κ3) is 4.12. The minimum Gasteiger partial charge on any atom is -0.493 e. The van der Waals surface area contributed by atoms with Gasteiger partial charge in [0.1, 0.15) is 11.6 Å². The molecule has 1 aliphatic heterocycles. The molecule has 1 aromatic carbocycles. The fourth-order valence-electron chi connectivity index (χ4n) is 2.37. The van der Waals surface area contributed by atoms with Gasteiger partial charge >= 0.3 is 12.0 Å². The number of hydrogen-bond acceptors (Lipinski definition) is 4. The molecule has 2 N–H and O–H groups in total. The summed E-state index contributed by atoms with van der Waals surface area (Å²) in [7, 11) is 1.30. The summed E-state index contributed by atoms with van der Waals surface area (Å²) < 4.78 is 23.5. The molecule has 1 aliphatic rings. The lowest BCUT2D eigenvalue weighted by molar-refractivity contribution is -0.150. The van der Waals surface area contributed by atoms with Crippen molar-refractivity contribution in [1.82, 2.24) is 10.6 Å². The first-order valence-electron chi connectivity index (χ1n) is 7.38. The molecule has 0 spiro atoms. The summed E-state index contributed by atoms with van der Waals surface area (Å²) in [5.41, 5.74) is -0.218. The fraction of sp³-hybridized carbons (Fsp3) is 0.500. The lowest BCUT2D eigenvalue weighted by atomic mass is 9.94.